The highest BCUT2D eigenvalue weighted by Crippen LogP contribution is 2.20. The molecule has 0 aliphatic carbocycles. The summed E-state index contributed by atoms with van der Waals surface area (Å²) in [6, 6.07) is 8.81. The summed E-state index contributed by atoms with van der Waals surface area (Å²) in [7, 11) is 0. The van der Waals surface area contributed by atoms with E-state index in [9.17, 15) is 9.59 Å². The van der Waals surface area contributed by atoms with Crippen LogP contribution in [0.5, 0.6) is 5.75 Å². The van der Waals surface area contributed by atoms with Crippen molar-refractivity contribution in [3.63, 3.8) is 0 Å². The standard InChI is InChI=1S/C12H13NO4/c14-11(15)6-9-7-13(8-9)12(16)17-10-4-2-1-3-5-10/h1-5,9H,6-8H2,(H,14,15). The Morgan fingerprint density at radius 1 is 1.29 bits per heavy atom. The Morgan fingerprint density at radius 3 is 2.53 bits per heavy atom. The minimum atomic E-state index is -0.828. The molecule has 0 bridgehead atoms. The molecular weight excluding hydrogens is 222 g/mol. The summed E-state index contributed by atoms with van der Waals surface area (Å²) in [6.07, 6.45) is -0.312. The first-order valence-corrected chi connectivity index (χ1v) is 5.39. The highest BCUT2D eigenvalue weighted by molar-refractivity contribution is 5.72. The van der Waals surface area contributed by atoms with Gasteiger partial charge in [0.2, 0.25) is 0 Å². The zero-order chi connectivity index (χ0) is 12.3. The summed E-state index contributed by atoms with van der Waals surface area (Å²) < 4.78 is 5.11. The van der Waals surface area contributed by atoms with Crippen LogP contribution in [-0.4, -0.2) is 35.2 Å². The molecule has 0 aromatic heterocycles. The summed E-state index contributed by atoms with van der Waals surface area (Å²) in [4.78, 5) is 23.5. The first-order chi connectivity index (χ1) is 8.15. The minimum absolute atomic E-state index is 0.0517. The van der Waals surface area contributed by atoms with Gasteiger partial charge in [-0.1, -0.05) is 18.2 Å². The molecule has 1 aliphatic rings. The Kier molecular flexibility index (Phi) is 3.27. The third-order valence-electron chi connectivity index (χ3n) is 2.63. The van der Waals surface area contributed by atoms with Gasteiger partial charge in [-0.2, -0.15) is 0 Å². The lowest BCUT2D eigenvalue weighted by atomic mass is 9.97. The second kappa shape index (κ2) is 4.86. The van der Waals surface area contributed by atoms with Crippen LogP contribution in [0.1, 0.15) is 6.42 Å². The van der Waals surface area contributed by atoms with Crippen LogP contribution >= 0.6 is 0 Å². The van der Waals surface area contributed by atoms with E-state index < -0.39 is 12.1 Å². The van der Waals surface area contributed by atoms with Gasteiger partial charge in [0.25, 0.3) is 0 Å². The molecule has 5 heteroatoms. The molecular formula is C12H13NO4. The SMILES string of the molecule is O=C(O)CC1CN(C(=O)Oc2ccccc2)C1. The fraction of sp³-hybridized carbons (Fsp3) is 0.333. The number of amides is 1. The van der Waals surface area contributed by atoms with E-state index in [4.69, 9.17) is 9.84 Å². The van der Waals surface area contributed by atoms with Gasteiger partial charge in [0.15, 0.2) is 0 Å². The largest absolute Gasteiger partial charge is 0.481 e. The van der Waals surface area contributed by atoms with Gasteiger partial charge >= 0.3 is 12.1 Å². The molecule has 90 valence electrons. The van der Waals surface area contributed by atoms with Crippen molar-refractivity contribution in [2.75, 3.05) is 13.1 Å². The molecule has 1 amide bonds. The predicted molar refractivity (Wildman–Crippen MR) is 59.8 cm³/mol. The van der Waals surface area contributed by atoms with Crippen molar-refractivity contribution in [1.82, 2.24) is 4.90 Å². The lowest BCUT2D eigenvalue weighted by Gasteiger charge is -2.37. The number of para-hydroxylation sites is 1. The molecule has 5 nitrogen and oxygen atoms in total. The minimum Gasteiger partial charge on any atom is -0.481 e. The predicted octanol–water partition coefficient (Wildman–Crippen LogP) is 1.59. The van der Waals surface area contributed by atoms with Crippen LogP contribution in [0.25, 0.3) is 0 Å². The zero-order valence-electron chi connectivity index (χ0n) is 9.20. The molecule has 2 rings (SSSR count). The first kappa shape index (κ1) is 11.4. The number of benzene rings is 1. The summed E-state index contributed by atoms with van der Waals surface area (Å²) >= 11 is 0. The van der Waals surface area contributed by atoms with Crippen molar-refractivity contribution in [2.24, 2.45) is 5.92 Å². The number of aliphatic carboxylic acids is 1. The Labute approximate surface area is 98.6 Å². The van der Waals surface area contributed by atoms with Crippen LogP contribution < -0.4 is 4.74 Å². The van der Waals surface area contributed by atoms with E-state index in [-0.39, 0.29) is 12.3 Å². The van der Waals surface area contributed by atoms with Gasteiger partial charge in [-0.25, -0.2) is 4.79 Å². The van der Waals surface area contributed by atoms with E-state index in [0.29, 0.717) is 18.8 Å². The molecule has 1 saturated heterocycles. The van der Waals surface area contributed by atoms with Crippen molar-refractivity contribution in [2.45, 2.75) is 6.42 Å². The molecule has 0 atom stereocenters. The molecule has 17 heavy (non-hydrogen) atoms. The van der Waals surface area contributed by atoms with E-state index in [1.807, 2.05) is 6.07 Å². The number of carboxylic acids is 1. The van der Waals surface area contributed by atoms with Gasteiger partial charge in [0.1, 0.15) is 5.75 Å². The van der Waals surface area contributed by atoms with Gasteiger partial charge in [0, 0.05) is 19.0 Å². The summed E-state index contributed by atoms with van der Waals surface area (Å²) in [5.41, 5.74) is 0. The Balaban J connectivity index is 1.78. The third kappa shape index (κ3) is 2.96. The molecule has 1 N–H and O–H groups in total. The van der Waals surface area contributed by atoms with E-state index in [2.05, 4.69) is 0 Å². The normalized spacial score (nSPS) is 15.2. The van der Waals surface area contributed by atoms with Crippen molar-refractivity contribution in [3.8, 4) is 5.75 Å². The van der Waals surface area contributed by atoms with Gasteiger partial charge in [-0.15, -0.1) is 0 Å². The Bertz CT molecular complexity index is 412. The second-order valence-electron chi connectivity index (χ2n) is 4.05. The third-order valence-corrected chi connectivity index (χ3v) is 2.63. The number of carbonyl (C=O) groups is 2. The van der Waals surface area contributed by atoms with Crippen LogP contribution in [0, 0.1) is 5.92 Å². The van der Waals surface area contributed by atoms with Gasteiger partial charge in [0.05, 0.1) is 6.42 Å². The fourth-order valence-corrected chi connectivity index (χ4v) is 1.75. The van der Waals surface area contributed by atoms with E-state index in [1.54, 1.807) is 24.3 Å². The van der Waals surface area contributed by atoms with E-state index in [1.165, 1.54) is 4.90 Å². The summed E-state index contributed by atoms with van der Waals surface area (Å²) in [5, 5.41) is 8.57. The fourth-order valence-electron chi connectivity index (χ4n) is 1.75. The monoisotopic (exact) mass is 235 g/mol. The van der Waals surface area contributed by atoms with Crippen LogP contribution in [0.15, 0.2) is 30.3 Å². The summed E-state index contributed by atoms with van der Waals surface area (Å²) in [6.45, 7) is 0.913. The lowest BCUT2D eigenvalue weighted by molar-refractivity contribution is -0.139. The van der Waals surface area contributed by atoms with Gasteiger partial charge < -0.3 is 14.7 Å². The summed E-state index contributed by atoms with van der Waals surface area (Å²) in [5.74, 6) is -0.277. The molecule has 0 unspecified atom stereocenters. The molecule has 0 radical (unpaired) electrons. The second-order valence-corrected chi connectivity index (χ2v) is 4.05. The Hall–Kier alpha value is -2.04. The highest BCUT2D eigenvalue weighted by atomic mass is 16.6. The lowest BCUT2D eigenvalue weighted by Crippen LogP contribution is -2.51. The van der Waals surface area contributed by atoms with Crippen LogP contribution in [0.4, 0.5) is 4.79 Å². The maximum atomic E-state index is 11.6. The van der Waals surface area contributed by atoms with Gasteiger partial charge in [-0.3, -0.25) is 4.79 Å². The zero-order valence-corrected chi connectivity index (χ0v) is 9.20. The molecule has 1 aromatic rings. The molecule has 1 heterocycles. The number of hydrogen-bond acceptors (Lipinski definition) is 3. The van der Waals surface area contributed by atoms with Crippen LogP contribution in [-0.2, 0) is 4.79 Å². The quantitative estimate of drug-likeness (QED) is 0.863. The molecule has 1 fully saturated rings. The number of carbonyl (C=O) groups excluding carboxylic acids is 1. The van der Waals surface area contributed by atoms with Crippen molar-refractivity contribution in [3.05, 3.63) is 30.3 Å². The molecule has 1 aliphatic heterocycles. The average Bonchev–Trinajstić information content (AvgIpc) is 2.23. The molecule has 1 aromatic carbocycles. The molecule has 0 saturated carbocycles. The van der Waals surface area contributed by atoms with Crippen molar-refractivity contribution in [1.29, 1.82) is 0 Å². The van der Waals surface area contributed by atoms with Gasteiger partial charge in [-0.05, 0) is 12.1 Å². The number of likely N-dealkylation sites (tertiary alicyclic amines) is 1. The maximum Gasteiger partial charge on any atom is 0.415 e. The number of ether oxygens (including phenoxy) is 1. The number of rotatable bonds is 3. The van der Waals surface area contributed by atoms with E-state index >= 15 is 0 Å². The first-order valence-electron chi connectivity index (χ1n) is 5.39. The number of nitrogens with zero attached hydrogens (tertiary/aromatic N) is 1. The van der Waals surface area contributed by atoms with Crippen LogP contribution in [0.2, 0.25) is 0 Å². The number of hydrogen-bond donors (Lipinski definition) is 1. The smallest absolute Gasteiger partial charge is 0.415 e. The van der Waals surface area contributed by atoms with Crippen molar-refractivity contribution < 1.29 is 19.4 Å². The van der Waals surface area contributed by atoms with Crippen LogP contribution in [0.3, 0.4) is 0 Å². The molecule has 0 spiro atoms. The average molecular weight is 235 g/mol. The highest BCUT2D eigenvalue weighted by Gasteiger charge is 2.33. The van der Waals surface area contributed by atoms with Crippen molar-refractivity contribution >= 4 is 12.1 Å². The van der Waals surface area contributed by atoms with E-state index in [0.717, 1.165) is 0 Å². The maximum absolute atomic E-state index is 11.6. The topological polar surface area (TPSA) is 66.8 Å². The Morgan fingerprint density at radius 2 is 1.94 bits per heavy atom. The number of carboxylic acid groups (broad SMARTS) is 1.